The topological polar surface area (TPSA) is 84.1 Å². The number of hydrogen-bond acceptors (Lipinski definition) is 5. The van der Waals surface area contributed by atoms with Gasteiger partial charge >= 0.3 is 0 Å². The van der Waals surface area contributed by atoms with Gasteiger partial charge in [0.15, 0.2) is 0 Å². The molecule has 2 heterocycles. The van der Waals surface area contributed by atoms with E-state index in [0.717, 1.165) is 31.6 Å². The van der Waals surface area contributed by atoms with Gasteiger partial charge in [-0.25, -0.2) is 9.97 Å². The minimum Gasteiger partial charge on any atom is -0.349 e. The molecule has 0 aliphatic carbocycles. The van der Waals surface area contributed by atoms with Crippen molar-refractivity contribution in [3.63, 3.8) is 0 Å². The molecule has 18 heavy (non-hydrogen) atoms. The number of rotatable bonds is 4. The van der Waals surface area contributed by atoms with Crippen LogP contribution in [0.15, 0.2) is 18.6 Å². The lowest BCUT2D eigenvalue weighted by Gasteiger charge is -2.29. The highest BCUT2D eigenvalue weighted by molar-refractivity contribution is 5.77. The fraction of sp³-hybridized carbons (Fsp3) is 0.583. The zero-order valence-electron chi connectivity index (χ0n) is 10.4. The Morgan fingerprint density at radius 3 is 2.94 bits per heavy atom. The van der Waals surface area contributed by atoms with Crippen LogP contribution in [0, 0.1) is 0 Å². The molecular formula is C12H19N5O. The summed E-state index contributed by atoms with van der Waals surface area (Å²) in [5.41, 5.74) is 6.64. The first-order chi connectivity index (χ1) is 8.74. The van der Waals surface area contributed by atoms with Crippen LogP contribution in [0.3, 0.4) is 0 Å². The third-order valence-corrected chi connectivity index (χ3v) is 3.11. The van der Waals surface area contributed by atoms with E-state index in [0.29, 0.717) is 19.1 Å². The van der Waals surface area contributed by atoms with E-state index in [4.69, 9.17) is 5.73 Å². The molecule has 0 unspecified atom stereocenters. The Labute approximate surface area is 107 Å². The number of aromatic nitrogens is 2. The van der Waals surface area contributed by atoms with Crippen molar-refractivity contribution in [3.8, 4) is 0 Å². The molecule has 6 nitrogen and oxygen atoms in total. The van der Waals surface area contributed by atoms with Crippen LogP contribution < -0.4 is 11.1 Å². The monoisotopic (exact) mass is 249 g/mol. The van der Waals surface area contributed by atoms with Gasteiger partial charge in [-0.05, 0) is 18.9 Å². The van der Waals surface area contributed by atoms with Crippen molar-refractivity contribution in [2.45, 2.75) is 25.4 Å². The number of carbonyl (C=O) groups is 1. The molecule has 1 aliphatic heterocycles. The van der Waals surface area contributed by atoms with Gasteiger partial charge in [0.2, 0.25) is 5.91 Å². The maximum atomic E-state index is 11.7. The number of amides is 1. The van der Waals surface area contributed by atoms with E-state index in [1.54, 1.807) is 12.3 Å². The third kappa shape index (κ3) is 4.05. The molecule has 6 heteroatoms. The molecule has 1 aliphatic rings. The van der Waals surface area contributed by atoms with E-state index in [1.165, 1.54) is 6.33 Å². The smallest absolute Gasteiger partial charge is 0.234 e. The molecule has 98 valence electrons. The van der Waals surface area contributed by atoms with Crippen molar-refractivity contribution < 1.29 is 4.79 Å². The van der Waals surface area contributed by atoms with E-state index in [2.05, 4.69) is 20.2 Å². The van der Waals surface area contributed by atoms with Crippen LogP contribution in [0.1, 0.15) is 18.5 Å². The minimum absolute atomic E-state index is 0.0316. The second-order valence-electron chi connectivity index (χ2n) is 4.59. The van der Waals surface area contributed by atoms with Gasteiger partial charge in [0.25, 0.3) is 0 Å². The molecule has 1 aromatic rings. The van der Waals surface area contributed by atoms with Crippen molar-refractivity contribution >= 4 is 5.91 Å². The van der Waals surface area contributed by atoms with Crippen LogP contribution in [0.2, 0.25) is 0 Å². The number of piperidine rings is 1. The highest BCUT2D eigenvalue weighted by atomic mass is 16.2. The fourth-order valence-electron chi connectivity index (χ4n) is 1.98. The summed E-state index contributed by atoms with van der Waals surface area (Å²) in [5, 5.41) is 2.86. The summed E-state index contributed by atoms with van der Waals surface area (Å²) >= 11 is 0. The van der Waals surface area contributed by atoms with E-state index in [1.807, 2.05) is 0 Å². The Morgan fingerprint density at radius 1 is 1.50 bits per heavy atom. The van der Waals surface area contributed by atoms with Crippen molar-refractivity contribution in [3.05, 3.63) is 24.3 Å². The van der Waals surface area contributed by atoms with Gasteiger partial charge in [0.05, 0.1) is 18.8 Å². The van der Waals surface area contributed by atoms with Gasteiger partial charge in [0.1, 0.15) is 6.33 Å². The summed E-state index contributed by atoms with van der Waals surface area (Å²) in [4.78, 5) is 21.8. The lowest BCUT2D eigenvalue weighted by Crippen LogP contribution is -2.44. The first-order valence-corrected chi connectivity index (χ1v) is 6.23. The predicted molar refractivity (Wildman–Crippen MR) is 67.5 cm³/mol. The molecule has 1 saturated heterocycles. The molecule has 0 saturated carbocycles. The number of likely N-dealkylation sites (tertiary alicyclic amines) is 1. The Morgan fingerprint density at radius 2 is 2.28 bits per heavy atom. The first kappa shape index (κ1) is 12.9. The maximum Gasteiger partial charge on any atom is 0.234 e. The highest BCUT2D eigenvalue weighted by Crippen LogP contribution is 2.07. The second-order valence-corrected chi connectivity index (χ2v) is 4.59. The van der Waals surface area contributed by atoms with Crippen molar-refractivity contribution in [2.24, 2.45) is 5.73 Å². The predicted octanol–water partition coefficient (Wildman–Crippen LogP) is -0.484. The van der Waals surface area contributed by atoms with Crippen LogP contribution in [-0.2, 0) is 11.3 Å². The van der Waals surface area contributed by atoms with Crippen molar-refractivity contribution in [1.82, 2.24) is 20.2 Å². The van der Waals surface area contributed by atoms with Crippen molar-refractivity contribution in [1.29, 1.82) is 0 Å². The van der Waals surface area contributed by atoms with Gasteiger partial charge in [-0.1, -0.05) is 0 Å². The minimum atomic E-state index is 0.0316. The number of hydrogen-bond donors (Lipinski definition) is 2. The average molecular weight is 249 g/mol. The molecule has 3 N–H and O–H groups in total. The first-order valence-electron chi connectivity index (χ1n) is 6.23. The number of nitrogens with one attached hydrogen (secondary N) is 1. The van der Waals surface area contributed by atoms with E-state index in [-0.39, 0.29) is 5.91 Å². The summed E-state index contributed by atoms with van der Waals surface area (Å²) in [7, 11) is 0. The number of carbonyl (C=O) groups excluding carboxylic acids is 1. The SMILES string of the molecule is NC1CCN(CC(=O)NCc2ccncn2)CC1. The molecular weight excluding hydrogens is 230 g/mol. The normalized spacial score (nSPS) is 17.6. The van der Waals surface area contributed by atoms with Gasteiger partial charge in [-0.3, -0.25) is 9.69 Å². The van der Waals surface area contributed by atoms with Gasteiger partial charge in [-0.15, -0.1) is 0 Å². The third-order valence-electron chi connectivity index (χ3n) is 3.11. The highest BCUT2D eigenvalue weighted by Gasteiger charge is 2.17. The Bertz CT molecular complexity index is 375. The molecule has 0 bridgehead atoms. The summed E-state index contributed by atoms with van der Waals surface area (Å²) in [5.74, 6) is 0.0316. The molecule has 0 aromatic carbocycles. The van der Waals surface area contributed by atoms with Crippen LogP contribution in [0.4, 0.5) is 0 Å². The quantitative estimate of drug-likeness (QED) is 0.752. The molecule has 0 radical (unpaired) electrons. The van der Waals surface area contributed by atoms with E-state index < -0.39 is 0 Å². The summed E-state index contributed by atoms with van der Waals surface area (Å²) in [6.07, 6.45) is 5.09. The molecule has 0 spiro atoms. The van der Waals surface area contributed by atoms with Gasteiger partial charge < -0.3 is 11.1 Å². The lowest BCUT2D eigenvalue weighted by atomic mass is 10.1. The molecule has 2 rings (SSSR count). The zero-order chi connectivity index (χ0) is 12.8. The Balaban J connectivity index is 1.69. The summed E-state index contributed by atoms with van der Waals surface area (Å²) in [6, 6.07) is 2.09. The molecule has 1 aromatic heterocycles. The zero-order valence-corrected chi connectivity index (χ0v) is 10.4. The number of nitrogens with two attached hydrogens (primary N) is 1. The Hall–Kier alpha value is -1.53. The largest absolute Gasteiger partial charge is 0.349 e. The number of nitrogens with zero attached hydrogens (tertiary/aromatic N) is 3. The molecule has 1 fully saturated rings. The maximum absolute atomic E-state index is 11.7. The average Bonchev–Trinajstić information content (AvgIpc) is 2.40. The van der Waals surface area contributed by atoms with E-state index in [9.17, 15) is 4.79 Å². The molecule has 0 atom stereocenters. The lowest BCUT2D eigenvalue weighted by molar-refractivity contribution is -0.122. The second kappa shape index (κ2) is 6.42. The van der Waals surface area contributed by atoms with Crippen LogP contribution in [-0.4, -0.2) is 46.5 Å². The Kier molecular flexibility index (Phi) is 4.60. The summed E-state index contributed by atoms with van der Waals surface area (Å²) in [6.45, 7) is 2.71. The standard InChI is InChI=1S/C12H19N5O/c13-10-2-5-17(6-3-10)8-12(18)15-7-11-1-4-14-9-16-11/h1,4,9-10H,2-3,5-8,13H2,(H,15,18). The summed E-state index contributed by atoms with van der Waals surface area (Å²) < 4.78 is 0. The fourth-order valence-corrected chi connectivity index (χ4v) is 1.98. The van der Waals surface area contributed by atoms with Crippen LogP contribution >= 0.6 is 0 Å². The van der Waals surface area contributed by atoms with Crippen LogP contribution in [0.5, 0.6) is 0 Å². The van der Waals surface area contributed by atoms with E-state index >= 15 is 0 Å². The van der Waals surface area contributed by atoms with Crippen LogP contribution in [0.25, 0.3) is 0 Å². The van der Waals surface area contributed by atoms with Gasteiger partial charge in [0, 0.05) is 25.3 Å². The van der Waals surface area contributed by atoms with Gasteiger partial charge in [-0.2, -0.15) is 0 Å². The molecule has 1 amide bonds. The van der Waals surface area contributed by atoms with Crippen molar-refractivity contribution in [2.75, 3.05) is 19.6 Å².